The van der Waals surface area contributed by atoms with Crippen LogP contribution in [0.2, 0.25) is 0 Å². The number of benzene rings is 1. The highest BCUT2D eigenvalue weighted by Crippen LogP contribution is 2.24. The minimum atomic E-state index is 0.856. The lowest BCUT2D eigenvalue weighted by Gasteiger charge is -2.05. The molecule has 0 bridgehead atoms. The third-order valence-electron chi connectivity index (χ3n) is 1.97. The van der Waals surface area contributed by atoms with E-state index in [2.05, 4.69) is 60.8 Å². The van der Waals surface area contributed by atoms with Gasteiger partial charge in [0.25, 0.3) is 0 Å². The van der Waals surface area contributed by atoms with Gasteiger partial charge in [0.1, 0.15) is 0 Å². The molecule has 2 rings (SSSR count). The molecule has 78 valence electrons. The maximum atomic E-state index is 3.52. The Kier molecular flexibility index (Phi) is 3.83. The van der Waals surface area contributed by atoms with Crippen LogP contribution >= 0.6 is 43.2 Å². The SMILES string of the molecule is Brc1cccc(NCc2sccc2Br)c1. The van der Waals surface area contributed by atoms with E-state index in [0.29, 0.717) is 0 Å². The van der Waals surface area contributed by atoms with E-state index in [0.717, 1.165) is 16.7 Å². The van der Waals surface area contributed by atoms with Crippen molar-refractivity contribution in [1.82, 2.24) is 0 Å². The van der Waals surface area contributed by atoms with Crippen LogP contribution in [-0.4, -0.2) is 0 Å². The van der Waals surface area contributed by atoms with Crippen molar-refractivity contribution in [1.29, 1.82) is 0 Å². The Morgan fingerprint density at radius 3 is 2.73 bits per heavy atom. The topological polar surface area (TPSA) is 12.0 Å². The fourth-order valence-electron chi connectivity index (χ4n) is 1.23. The van der Waals surface area contributed by atoms with Crippen molar-refractivity contribution in [3.63, 3.8) is 0 Å². The molecule has 15 heavy (non-hydrogen) atoms. The predicted octanol–water partition coefficient (Wildman–Crippen LogP) is 4.89. The standard InChI is InChI=1S/C11H9Br2NS/c12-8-2-1-3-9(6-8)14-7-11-10(13)4-5-15-11/h1-6,14H,7H2. The van der Waals surface area contributed by atoms with Crippen LogP contribution in [-0.2, 0) is 6.54 Å². The van der Waals surface area contributed by atoms with Crippen LogP contribution in [0, 0.1) is 0 Å². The largest absolute Gasteiger partial charge is 0.380 e. The molecular formula is C11H9Br2NS. The molecule has 0 aliphatic rings. The van der Waals surface area contributed by atoms with Crippen LogP contribution < -0.4 is 5.32 Å². The van der Waals surface area contributed by atoms with Gasteiger partial charge in [-0.3, -0.25) is 0 Å². The highest BCUT2D eigenvalue weighted by atomic mass is 79.9. The number of halogens is 2. The van der Waals surface area contributed by atoms with Crippen molar-refractivity contribution < 1.29 is 0 Å². The highest BCUT2D eigenvalue weighted by Gasteiger charge is 2.00. The van der Waals surface area contributed by atoms with Crippen LogP contribution in [0.15, 0.2) is 44.7 Å². The molecule has 0 amide bonds. The fraction of sp³-hybridized carbons (Fsp3) is 0.0909. The molecule has 0 radical (unpaired) electrons. The maximum Gasteiger partial charge on any atom is 0.0505 e. The lowest BCUT2D eigenvalue weighted by atomic mass is 10.3. The molecule has 0 aliphatic heterocycles. The van der Waals surface area contributed by atoms with Crippen LogP contribution in [0.3, 0.4) is 0 Å². The molecule has 0 saturated carbocycles. The summed E-state index contributed by atoms with van der Waals surface area (Å²) in [6, 6.07) is 10.2. The molecule has 0 atom stereocenters. The van der Waals surface area contributed by atoms with Gasteiger partial charge in [0.05, 0.1) is 6.54 Å². The molecule has 1 nitrogen and oxygen atoms in total. The van der Waals surface area contributed by atoms with E-state index in [9.17, 15) is 0 Å². The first-order chi connectivity index (χ1) is 7.25. The summed E-state index contributed by atoms with van der Waals surface area (Å²) < 4.78 is 2.27. The number of hydrogen-bond acceptors (Lipinski definition) is 2. The van der Waals surface area contributed by atoms with Gasteiger partial charge in [0.2, 0.25) is 0 Å². The fourth-order valence-corrected chi connectivity index (χ4v) is 3.06. The van der Waals surface area contributed by atoms with E-state index in [1.807, 2.05) is 12.1 Å². The molecule has 1 aromatic carbocycles. The van der Waals surface area contributed by atoms with Crippen molar-refractivity contribution in [2.75, 3.05) is 5.32 Å². The molecule has 4 heteroatoms. The maximum absolute atomic E-state index is 3.52. The summed E-state index contributed by atoms with van der Waals surface area (Å²) in [6.45, 7) is 0.856. The average molecular weight is 347 g/mol. The second-order valence-electron chi connectivity index (χ2n) is 3.06. The number of hydrogen-bond donors (Lipinski definition) is 1. The Labute approximate surface area is 110 Å². The summed E-state index contributed by atoms with van der Waals surface area (Å²) >= 11 is 8.72. The first kappa shape index (κ1) is 11.2. The van der Waals surface area contributed by atoms with Crippen LogP contribution in [0.4, 0.5) is 5.69 Å². The lowest BCUT2D eigenvalue weighted by molar-refractivity contribution is 1.18. The number of anilines is 1. The smallest absolute Gasteiger partial charge is 0.0505 e. The summed E-state index contributed by atoms with van der Waals surface area (Å²) in [6.07, 6.45) is 0. The normalized spacial score (nSPS) is 10.3. The third-order valence-corrected chi connectivity index (χ3v) is 4.39. The first-order valence-electron chi connectivity index (χ1n) is 4.47. The van der Waals surface area contributed by atoms with Crippen LogP contribution in [0.1, 0.15) is 4.88 Å². The van der Waals surface area contributed by atoms with Crippen molar-refractivity contribution in [3.05, 3.63) is 49.5 Å². The van der Waals surface area contributed by atoms with Crippen LogP contribution in [0.5, 0.6) is 0 Å². The van der Waals surface area contributed by atoms with Gasteiger partial charge in [0, 0.05) is 19.5 Å². The molecular weight excluding hydrogens is 338 g/mol. The Bertz CT molecular complexity index is 453. The number of rotatable bonds is 3. The molecule has 1 aromatic heterocycles. The Morgan fingerprint density at radius 2 is 2.07 bits per heavy atom. The Balaban J connectivity index is 2.02. The second-order valence-corrected chi connectivity index (χ2v) is 5.83. The number of nitrogens with one attached hydrogen (secondary N) is 1. The van der Waals surface area contributed by atoms with Crippen LogP contribution in [0.25, 0.3) is 0 Å². The van der Waals surface area contributed by atoms with E-state index in [-0.39, 0.29) is 0 Å². The van der Waals surface area contributed by atoms with E-state index in [1.54, 1.807) is 11.3 Å². The summed E-state index contributed by atoms with van der Waals surface area (Å²) in [4.78, 5) is 1.31. The van der Waals surface area contributed by atoms with Crippen molar-refractivity contribution in [2.24, 2.45) is 0 Å². The van der Waals surface area contributed by atoms with Crippen molar-refractivity contribution in [3.8, 4) is 0 Å². The van der Waals surface area contributed by atoms with Gasteiger partial charge in [-0.25, -0.2) is 0 Å². The molecule has 0 saturated heterocycles. The lowest BCUT2D eigenvalue weighted by Crippen LogP contribution is -1.97. The summed E-state index contributed by atoms with van der Waals surface area (Å²) in [7, 11) is 0. The molecule has 0 fully saturated rings. The molecule has 1 heterocycles. The average Bonchev–Trinajstić information content (AvgIpc) is 2.61. The van der Waals surface area contributed by atoms with Crippen molar-refractivity contribution >= 4 is 48.9 Å². The quantitative estimate of drug-likeness (QED) is 0.834. The van der Waals surface area contributed by atoms with Gasteiger partial charge in [-0.2, -0.15) is 0 Å². The minimum absolute atomic E-state index is 0.856. The summed E-state index contributed by atoms with van der Waals surface area (Å²) in [5, 5.41) is 5.46. The monoisotopic (exact) mass is 345 g/mol. The Morgan fingerprint density at radius 1 is 1.20 bits per heavy atom. The summed E-state index contributed by atoms with van der Waals surface area (Å²) in [5.74, 6) is 0. The zero-order chi connectivity index (χ0) is 10.7. The van der Waals surface area contributed by atoms with E-state index in [4.69, 9.17) is 0 Å². The molecule has 0 unspecified atom stereocenters. The van der Waals surface area contributed by atoms with Gasteiger partial charge < -0.3 is 5.32 Å². The first-order valence-corrected chi connectivity index (χ1v) is 6.93. The van der Waals surface area contributed by atoms with Crippen molar-refractivity contribution in [2.45, 2.75) is 6.54 Å². The second kappa shape index (κ2) is 5.14. The van der Waals surface area contributed by atoms with Gasteiger partial charge in [-0.05, 0) is 45.6 Å². The van der Waals surface area contributed by atoms with E-state index >= 15 is 0 Å². The van der Waals surface area contributed by atoms with E-state index in [1.165, 1.54) is 9.35 Å². The highest BCUT2D eigenvalue weighted by molar-refractivity contribution is 9.10. The molecule has 2 aromatic rings. The zero-order valence-corrected chi connectivity index (χ0v) is 11.8. The van der Waals surface area contributed by atoms with Gasteiger partial charge in [-0.15, -0.1) is 11.3 Å². The number of thiophene rings is 1. The molecule has 0 aliphatic carbocycles. The zero-order valence-electron chi connectivity index (χ0n) is 7.84. The molecule has 0 spiro atoms. The molecule has 1 N–H and O–H groups in total. The Hall–Kier alpha value is -0.320. The van der Waals surface area contributed by atoms with Gasteiger partial charge in [0.15, 0.2) is 0 Å². The van der Waals surface area contributed by atoms with Gasteiger partial charge in [-0.1, -0.05) is 22.0 Å². The minimum Gasteiger partial charge on any atom is -0.380 e. The van der Waals surface area contributed by atoms with Gasteiger partial charge >= 0.3 is 0 Å². The third kappa shape index (κ3) is 3.06. The van der Waals surface area contributed by atoms with E-state index < -0.39 is 0 Å². The predicted molar refractivity (Wildman–Crippen MR) is 73.5 cm³/mol. The summed E-state index contributed by atoms with van der Waals surface area (Å²) in [5.41, 5.74) is 1.13.